The van der Waals surface area contributed by atoms with Crippen molar-refractivity contribution >= 4 is 6.09 Å². The number of benzene rings is 2. The Kier molecular flexibility index (Phi) is 4.69. The van der Waals surface area contributed by atoms with Crippen molar-refractivity contribution in [1.29, 1.82) is 0 Å². The quantitative estimate of drug-likeness (QED) is 0.662. The molecule has 0 saturated heterocycles. The van der Waals surface area contributed by atoms with Crippen LogP contribution >= 0.6 is 0 Å². The molecule has 0 radical (unpaired) electrons. The molecule has 3 aromatic rings. The van der Waals surface area contributed by atoms with Crippen LogP contribution in [0.1, 0.15) is 44.6 Å². The first-order valence-corrected chi connectivity index (χ1v) is 10.1. The lowest BCUT2D eigenvalue weighted by atomic mass is 9.83. The highest BCUT2D eigenvalue weighted by molar-refractivity contribution is 5.77. The molecular formula is C24H27N3O2. The Morgan fingerprint density at radius 1 is 1.07 bits per heavy atom. The lowest BCUT2D eigenvalue weighted by Crippen LogP contribution is -2.50. The van der Waals surface area contributed by atoms with Crippen LogP contribution < -0.4 is 0 Å². The number of amides is 1. The zero-order valence-electron chi connectivity index (χ0n) is 17.4. The van der Waals surface area contributed by atoms with Crippen molar-refractivity contribution in [2.45, 2.75) is 52.1 Å². The van der Waals surface area contributed by atoms with E-state index in [2.05, 4.69) is 18.2 Å². The van der Waals surface area contributed by atoms with E-state index in [4.69, 9.17) is 5.10 Å². The van der Waals surface area contributed by atoms with Gasteiger partial charge in [-0.1, -0.05) is 42.5 Å². The molecule has 0 atom stereocenters. The molecule has 1 aliphatic carbocycles. The smallest absolute Gasteiger partial charge is 0.408 e. The van der Waals surface area contributed by atoms with Crippen LogP contribution in [-0.2, 0) is 18.4 Å². The standard InChI is InChI=1S/C24H27N3O2/c1-16(2)26(23(28)29)24(3,4)22-21-19-13-9-8-10-17(19)14-15-20(21)25-27(22)18-11-6-5-7-12-18/h5-13,16H,14-15H2,1-4H3,(H,28,29). The number of nitrogens with zero attached hydrogens (tertiary/aromatic N) is 3. The molecule has 29 heavy (non-hydrogen) atoms. The summed E-state index contributed by atoms with van der Waals surface area (Å²) in [6.45, 7) is 7.79. The average molecular weight is 389 g/mol. The summed E-state index contributed by atoms with van der Waals surface area (Å²) in [5.41, 5.74) is 5.64. The summed E-state index contributed by atoms with van der Waals surface area (Å²) in [6.07, 6.45) is 0.870. The van der Waals surface area contributed by atoms with Crippen LogP contribution in [-0.4, -0.2) is 31.9 Å². The van der Waals surface area contributed by atoms with Crippen LogP contribution in [0, 0.1) is 0 Å². The zero-order chi connectivity index (χ0) is 20.8. The SMILES string of the molecule is CC(C)N(C(=O)O)C(C)(C)c1c2c(nn1-c1ccccc1)CCc1ccccc1-2. The molecule has 0 spiro atoms. The Morgan fingerprint density at radius 2 is 1.72 bits per heavy atom. The Hall–Kier alpha value is -3.08. The molecule has 1 amide bonds. The number of carboxylic acid groups (broad SMARTS) is 1. The Morgan fingerprint density at radius 3 is 2.38 bits per heavy atom. The van der Waals surface area contributed by atoms with Crippen molar-refractivity contribution in [3.8, 4) is 16.8 Å². The summed E-state index contributed by atoms with van der Waals surface area (Å²) in [4.78, 5) is 13.8. The van der Waals surface area contributed by atoms with Gasteiger partial charge < -0.3 is 5.11 Å². The van der Waals surface area contributed by atoms with Crippen molar-refractivity contribution in [3.63, 3.8) is 0 Å². The molecule has 0 fully saturated rings. The van der Waals surface area contributed by atoms with Crippen LogP contribution in [0.15, 0.2) is 54.6 Å². The van der Waals surface area contributed by atoms with Crippen LogP contribution in [0.25, 0.3) is 16.8 Å². The van der Waals surface area contributed by atoms with Gasteiger partial charge in [-0.25, -0.2) is 9.48 Å². The molecule has 2 aromatic carbocycles. The van der Waals surface area contributed by atoms with Crippen LogP contribution in [0.4, 0.5) is 4.79 Å². The molecule has 0 aliphatic heterocycles. The predicted molar refractivity (Wildman–Crippen MR) is 114 cm³/mol. The Labute approximate surface area is 171 Å². The van der Waals surface area contributed by atoms with Gasteiger partial charge in [0.2, 0.25) is 0 Å². The van der Waals surface area contributed by atoms with Crippen molar-refractivity contribution in [3.05, 3.63) is 71.5 Å². The van der Waals surface area contributed by atoms with E-state index in [1.807, 2.05) is 68.8 Å². The number of aryl methyl sites for hydroxylation is 2. The first-order valence-electron chi connectivity index (χ1n) is 10.1. The van der Waals surface area contributed by atoms with E-state index in [9.17, 15) is 9.90 Å². The topological polar surface area (TPSA) is 58.4 Å². The lowest BCUT2D eigenvalue weighted by Gasteiger charge is -2.40. The molecular weight excluding hydrogens is 362 g/mol. The Bertz CT molecular complexity index is 1050. The van der Waals surface area contributed by atoms with E-state index in [1.165, 1.54) is 10.5 Å². The molecule has 0 unspecified atom stereocenters. The van der Waals surface area contributed by atoms with Gasteiger partial charge in [0, 0.05) is 11.6 Å². The van der Waals surface area contributed by atoms with Crippen LogP contribution in [0.2, 0.25) is 0 Å². The van der Waals surface area contributed by atoms with Gasteiger partial charge in [-0.05, 0) is 63.8 Å². The van der Waals surface area contributed by atoms with Crippen molar-refractivity contribution in [2.24, 2.45) is 0 Å². The predicted octanol–water partition coefficient (Wildman–Crippen LogP) is 5.26. The zero-order valence-corrected chi connectivity index (χ0v) is 17.4. The largest absolute Gasteiger partial charge is 0.465 e. The molecule has 5 nitrogen and oxygen atoms in total. The molecule has 1 N–H and O–H groups in total. The summed E-state index contributed by atoms with van der Waals surface area (Å²) in [5, 5.41) is 15.0. The third-order valence-corrected chi connectivity index (χ3v) is 5.78. The van der Waals surface area contributed by atoms with Gasteiger partial charge in [0.15, 0.2) is 0 Å². The van der Waals surface area contributed by atoms with Gasteiger partial charge in [0.1, 0.15) is 0 Å². The van der Waals surface area contributed by atoms with Gasteiger partial charge in [-0.2, -0.15) is 5.10 Å². The fourth-order valence-electron chi connectivity index (χ4n) is 4.70. The van der Waals surface area contributed by atoms with Crippen molar-refractivity contribution < 1.29 is 9.90 Å². The highest BCUT2D eigenvalue weighted by atomic mass is 16.4. The number of carbonyl (C=O) groups is 1. The molecule has 0 bridgehead atoms. The normalized spacial score (nSPS) is 13.1. The molecule has 0 saturated carbocycles. The minimum atomic E-state index is -0.927. The van der Waals surface area contributed by atoms with E-state index in [1.54, 1.807) is 0 Å². The van der Waals surface area contributed by atoms with Gasteiger partial charge in [-0.15, -0.1) is 0 Å². The van der Waals surface area contributed by atoms with Crippen LogP contribution in [0.5, 0.6) is 0 Å². The fourth-order valence-corrected chi connectivity index (χ4v) is 4.70. The first kappa shape index (κ1) is 19.2. The second kappa shape index (κ2) is 7.07. The first-order chi connectivity index (χ1) is 13.8. The number of fused-ring (bicyclic) bond motifs is 3. The highest BCUT2D eigenvalue weighted by Gasteiger charge is 2.41. The minimum absolute atomic E-state index is 0.170. The van der Waals surface area contributed by atoms with Crippen molar-refractivity contribution in [1.82, 2.24) is 14.7 Å². The van der Waals surface area contributed by atoms with Gasteiger partial charge in [0.05, 0.1) is 22.6 Å². The number of hydrogen-bond acceptors (Lipinski definition) is 2. The van der Waals surface area contributed by atoms with Crippen LogP contribution in [0.3, 0.4) is 0 Å². The van der Waals surface area contributed by atoms with Crippen molar-refractivity contribution in [2.75, 3.05) is 0 Å². The third-order valence-electron chi connectivity index (χ3n) is 5.78. The molecule has 1 heterocycles. The summed E-state index contributed by atoms with van der Waals surface area (Å²) in [5.74, 6) is 0. The van der Waals surface area contributed by atoms with E-state index >= 15 is 0 Å². The van der Waals surface area contributed by atoms with E-state index in [0.717, 1.165) is 41.0 Å². The maximum Gasteiger partial charge on any atom is 0.408 e. The number of rotatable bonds is 4. The Balaban J connectivity index is 2.04. The second-order valence-electron chi connectivity index (χ2n) is 8.38. The maximum atomic E-state index is 12.2. The summed E-state index contributed by atoms with van der Waals surface area (Å²) in [6, 6.07) is 18.2. The minimum Gasteiger partial charge on any atom is -0.465 e. The number of hydrogen-bond donors (Lipinski definition) is 1. The monoisotopic (exact) mass is 389 g/mol. The van der Waals surface area contributed by atoms with E-state index < -0.39 is 11.6 Å². The highest BCUT2D eigenvalue weighted by Crippen LogP contribution is 2.43. The summed E-state index contributed by atoms with van der Waals surface area (Å²) < 4.78 is 1.95. The maximum absolute atomic E-state index is 12.2. The molecule has 1 aromatic heterocycles. The van der Waals surface area contributed by atoms with Gasteiger partial charge in [-0.3, -0.25) is 4.90 Å². The van der Waals surface area contributed by atoms with E-state index in [-0.39, 0.29) is 6.04 Å². The summed E-state index contributed by atoms with van der Waals surface area (Å²) in [7, 11) is 0. The van der Waals surface area contributed by atoms with Gasteiger partial charge in [0.25, 0.3) is 0 Å². The van der Waals surface area contributed by atoms with E-state index in [0.29, 0.717) is 0 Å². The number of aromatic nitrogens is 2. The molecule has 1 aliphatic rings. The second-order valence-corrected chi connectivity index (χ2v) is 8.38. The molecule has 4 rings (SSSR count). The average Bonchev–Trinajstić information content (AvgIpc) is 3.09. The van der Waals surface area contributed by atoms with Gasteiger partial charge >= 0.3 is 6.09 Å². The summed E-state index contributed by atoms with van der Waals surface area (Å²) >= 11 is 0. The number of para-hydroxylation sites is 1. The lowest BCUT2D eigenvalue weighted by molar-refractivity contribution is 0.0677. The fraction of sp³-hybridized carbons (Fsp3) is 0.333. The molecule has 5 heteroatoms. The molecule has 150 valence electrons. The third kappa shape index (κ3) is 3.11.